The van der Waals surface area contributed by atoms with Crippen LogP contribution in [-0.4, -0.2) is 15.7 Å². The monoisotopic (exact) mass is 246 g/mol. The van der Waals surface area contributed by atoms with Gasteiger partial charge in [-0.15, -0.1) is 0 Å². The van der Waals surface area contributed by atoms with Gasteiger partial charge in [0, 0.05) is 22.3 Å². The molecule has 0 atom stereocenters. The molecule has 0 aromatic rings. The average Bonchev–Trinajstić information content (AvgIpc) is 2.28. The minimum Gasteiger partial charge on any atom is -0.260 e. The summed E-state index contributed by atoms with van der Waals surface area (Å²) in [5.74, 6) is 1.88. The predicted octanol–water partition coefficient (Wildman–Crippen LogP) is 4.68. The molecule has 0 heterocycles. The van der Waals surface area contributed by atoms with Crippen LogP contribution in [0.5, 0.6) is 0 Å². The Morgan fingerprint density at radius 3 is 1.38 bits per heavy atom. The fourth-order valence-electron chi connectivity index (χ4n) is 1.84. The Morgan fingerprint density at radius 2 is 1.00 bits per heavy atom. The molecule has 0 saturated carbocycles. The van der Waals surface area contributed by atoms with Crippen molar-refractivity contribution in [1.29, 1.82) is 0 Å². The van der Waals surface area contributed by atoms with Gasteiger partial charge in [-0.05, 0) is 12.8 Å². The second-order valence-corrected chi connectivity index (χ2v) is 6.37. The van der Waals surface area contributed by atoms with E-state index in [4.69, 9.17) is 0 Å². The quantitative estimate of drug-likeness (QED) is 0.457. The van der Waals surface area contributed by atoms with E-state index in [9.17, 15) is 4.21 Å². The maximum Gasteiger partial charge on any atom is 0.0234 e. The second kappa shape index (κ2) is 13.2. The molecule has 0 unspecified atom stereocenters. The van der Waals surface area contributed by atoms with Crippen molar-refractivity contribution in [3.8, 4) is 0 Å². The van der Waals surface area contributed by atoms with Crippen molar-refractivity contribution in [2.75, 3.05) is 11.5 Å². The molecule has 16 heavy (non-hydrogen) atoms. The topological polar surface area (TPSA) is 17.1 Å². The van der Waals surface area contributed by atoms with Gasteiger partial charge < -0.3 is 0 Å². The first-order chi connectivity index (χ1) is 7.81. The van der Waals surface area contributed by atoms with Crippen LogP contribution in [-0.2, 0) is 10.8 Å². The zero-order valence-corrected chi connectivity index (χ0v) is 12.1. The van der Waals surface area contributed by atoms with E-state index < -0.39 is 10.8 Å². The number of hydrogen-bond donors (Lipinski definition) is 0. The highest BCUT2D eigenvalue weighted by Gasteiger charge is 1.99. The Bertz CT molecular complexity index is 141. The lowest BCUT2D eigenvalue weighted by Gasteiger charge is -2.02. The minimum atomic E-state index is -0.531. The standard InChI is InChI=1S/C14H30OS/c1-3-5-7-9-11-13-16(15)14-12-10-8-6-4-2/h3-14H2,1-2H3. The molecule has 0 saturated heterocycles. The van der Waals surface area contributed by atoms with E-state index in [1.165, 1.54) is 64.2 Å². The molecule has 0 amide bonds. The van der Waals surface area contributed by atoms with Crippen LogP contribution < -0.4 is 0 Å². The molecule has 2 heteroatoms. The highest BCUT2D eigenvalue weighted by atomic mass is 32.2. The number of hydrogen-bond acceptors (Lipinski definition) is 1. The van der Waals surface area contributed by atoms with Crippen LogP contribution in [0.4, 0.5) is 0 Å². The summed E-state index contributed by atoms with van der Waals surface area (Å²) >= 11 is 0. The second-order valence-electron chi connectivity index (χ2n) is 4.68. The van der Waals surface area contributed by atoms with Crippen LogP contribution in [0.1, 0.15) is 78.1 Å². The maximum absolute atomic E-state index is 11.6. The molecule has 0 aliphatic rings. The molecule has 1 nitrogen and oxygen atoms in total. The number of unbranched alkanes of at least 4 members (excludes halogenated alkanes) is 8. The van der Waals surface area contributed by atoms with Crippen molar-refractivity contribution in [3.05, 3.63) is 0 Å². The third-order valence-electron chi connectivity index (χ3n) is 2.95. The van der Waals surface area contributed by atoms with Crippen LogP contribution >= 0.6 is 0 Å². The molecule has 0 spiro atoms. The third kappa shape index (κ3) is 12.2. The van der Waals surface area contributed by atoms with E-state index in [1.807, 2.05) is 0 Å². The summed E-state index contributed by atoms with van der Waals surface area (Å²) in [5.41, 5.74) is 0. The van der Waals surface area contributed by atoms with E-state index in [-0.39, 0.29) is 0 Å². The van der Waals surface area contributed by atoms with Crippen LogP contribution in [0, 0.1) is 0 Å². The molecule has 0 aliphatic carbocycles. The Morgan fingerprint density at radius 1 is 0.625 bits per heavy atom. The summed E-state index contributed by atoms with van der Waals surface area (Å²) < 4.78 is 11.6. The summed E-state index contributed by atoms with van der Waals surface area (Å²) in [4.78, 5) is 0. The van der Waals surface area contributed by atoms with Crippen LogP contribution in [0.3, 0.4) is 0 Å². The van der Waals surface area contributed by atoms with Crippen LogP contribution in [0.15, 0.2) is 0 Å². The van der Waals surface area contributed by atoms with Crippen molar-refractivity contribution in [1.82, 2.24) is 0 Å². The SMILES string of the molecule is CCCCCCCS(=O)CCCCCCC. The van der Waals surface area contributed by atoms with Gasteiger partial charge in [-0.3, -0.25) is 4.21 Å². The molecule has 0 bridgehead atoms. The molecule has 0 aliphatic heterocycles. The average molecular weight is 246 g/mol. The Kier molecular flexibility index (Phi) is 13.3. The predicted molar refractivity (Wildman–Crippen MR) is 75.4 cm³/mol. The van der Waals surface area contributed by atoms with E-state index in [2.05, 4.69) is 13.8 Å². The molecular weight excluding hydrogens is 216 g/mol. The van der Waals surface area contributed by atoms with Crippen LogP contribution in [0.2, 0.25) is 0 Å². The fourth-order valence-corrected chi connectivity index (χ4v) is 3.09. The molecule has 0 aromatic heterocycles. The summed E-state index contributed by atoms with van der Waals surface area (Å²) in [6.45, 7) is 4.46. The van der Waals surface area contributed by atoms with E-state index in [0.29, 0.717) is 0 Å². The molecule has 0 rings (SSSR count). The van der Waals surface area contributed by atoms with Gasteiger partial charge in [-0.1, -0.05) is 65.2 Å². The largest absolute Gasteiger partial charge is 0.260 e. The van der Waals surface area contributed by atoms with Crippen molar-refractivity contribution in [2.45, 2.75) is 78.1 Å². The zero-order chi connectivity index (χ0) is 12.1. The first-order valence-electron chi connectivity index (χ1n) is 7.16. The van der Waals surface area contributed by atoms with E-state index in [0.717, 1.165) is 11.5 Å². The van der Waals surface area contributed by atoms with Crippen molar-refractivity contribution in [2.24, 2.45) is 0 Å². The zero-order valence-electron chi connectivity index (χ0n) is 11.3. The van der Waals surface area contributed by atoms with Crippen molar-refractivity contribution < 1.29 is 4.21 Å². The van der Waals surface area contributed by atoms with Gasteiger partial charge >= 0.3 is 0 Å². The van der Waals surface area contributed by atoms with Gasteiger partial charge in [0.25, 0.3) is 0 Å². The van der Waals surface area contributed by atoms with E-state index >= 15 is 0 Å². The molecule has 0 radical (unpaired) electrons. The molecule has 0 aromatic carbocycles. The highest BCUT2D eigenvalue weighted by molar-refractivity contribution is 7.84. The summed E-state index contributed by atoms with van der Waals surface area (Å²) in [7, 11) is -0.531. The Labute approximate surface area is 105 Å². The van der Waals surface area contributed by atoms with Crippen LogP contribution in [0.25, 0.3) is 0 Å². The summed E-state index contributed by atoms with van der Waals surface area (Å²) in [5, 5.41) is 0. The van der Waals surface area contributed by atoms with Gasteiger partial charge in [0.05, 0.1) is 0 Å². The lowest BCUT2D eigenvalue weighted by Crippen LogP contribution is -2.02. The molecular formula is C14H30OS. The van der Waals surface area contributed by atoms with Crippen molar-refractivity contribution in [3.63, 3.8) is 0 Å². The normalized spacial score (nSPS) is 11.2. The molecule has 98 valence electrons. The molecule has 0 N–H and O–H groups in total. The maximum atomic E-state index is 11.6. The van der Waals surface area contributed by atoms with Crippen molar-refractivity contribution >= 4 is 10.8 Å². The summed E-state index contributed by atoms with van der Waals surface area (Å²) in [6, 6.07) is 0. The smallest absolute Gasteiger partial charge is 0.0234 e. The highest BCUT2D eigenvalue weighted by Crippen LogP contribution is 2.06. The fraction of sp³-hybridized carbons (Fsp3) is 1.00. The van der Waals surface area contributed by atoms with Gasteiger partial charge in [-0.25, -0.2) is 0 Å². The number of rotatable bonds is 12. The minimum absolute atomic E-state index is 0.531. The summed E-state index contributed by atoms with van der Waals surface area (Å²) in [6.07, 6.45) is 12.8. The van der Waals surface area contributed by atoms with E-state index in [1.54, 1.807) is 0 Å². The first-order valence-corrected chi connectivity index (χ1v) is 8.65. The lowest BCUT2D eigenvalue weighted by atomic mass is 10.2. The third-order valence-corrected chi connectivity index (χ3v) is 4.44. The first kappa shape index (κ1) is 16.1. The van der Waals surface area contributed by atoms with Gasteiger partial charge in [0.15, 0.2) is 0 Å². The Balaban J connectivity index is 3.12. The van der Waals surface area contributed by atoms with Gasteiger partial charge in [0.2, 0.25) is 0 Å². The van der Waals surface area contributed by atoms with Gasteiger partial charge in [0.1, 0.15) is 0 Å². The lowest BCUT2D eigenvalue weighted by molar-refractivity contribution is 0.637. The Hall–Kier alpha value is 0.150. The molecule has 0 fully saturated rings. The van der Waals surface area contributed by atoms with Gasteiger partial charge in [-0.2, -0.15) is 0 Å².